The number of hydrogen-bond donors (Lipinski definition) is 1. The van der Waals surface area contributed by atoms with E-state index < -0.39 is 6.10 Å². The van der Waals surface area contributed by atoms with E-state index in [1.54, 1.807) is 25.3 Å². The van der Waals surface area contributed by atoms with Gasteiger partial charge < -0.3 is 14.7 Å². The molecule has 5 heteroatoms. The molecule has 0 saturated heterocycles. The fourth-order valence-corrected chi connectivity index (χ4v) is 3.60. The van der Waals surface area contributed by atoms with Gasteiger partial charge in [-0.05, 0) is 31.0 Å². The first-order valence-electron chi connectivity index (χ1n) is 8.45. The van der Waals surface area contributed by atoms with Gasteiger partial charge in [0.1, 0.15) is 6.10 Å². The molecule has 1 amide bonds. The average molecular weight is 328 g/mol. The Hall–Kier alpha value is -1.98. The Morgan fingerprint density at radius 1 is 1.25 bits per heavy atom. The minimum Gasteiger partial charge on any atom is -0.388 e. The number of nitrogens with zero attached hydrogens (tertiary/aromatic N) is 2. The Morgan fingerprint density at radius 3 is 2.83 bits per heavy atom. The number of aliphatic hydroxyl groups is 1. The first-order valence-corrected chi connectivity index (χ1v) is 8.45. The molecule has 3 rings (SSSR count). The van der Waals surface area contributed by atoms with E-state index in [-0.39, 0.29) is 18.1 Å². The van der Waals surface area contributed by atoms with Crippen molar-refractivity contribution in [2.75, 3.05) is 14.2 Å². The van der Waals surface area contributed by atoms with Crippen molar-refractivity contribution in [2.45, 2.75) is 43.9 Å². The van der Waals surface area contributed by atoms with Crippen LogP contribution in [-0.2, 0) is 4.74 Å². The summed E-state index contributed by atoms with van der Waals surface area (Å²) in [4.78, 5) is 19.0. The van der Waals surface area contributed by atoms with Crippen LogP contribution >= 0.6 is 0 Å². The van der Waals surface area contributed by atoms with Gasteiger partial charge in [0.2, 0.25) is 0 Å². The summed E-state index contributed by atoms with van der Waals surface area (Å²) in [5, 5.41) is 11.5. The highest BCUT2D eigenvalue weighted by Crippen LogP contribution is 2.26. The van der Waals surface area contributed by atoms with Gasteiger partial charge in [-0.2, -0.15) is 0 Å². The van der Waals surface area contributed by atoms with Crippen LogP contribution in [0.15, 0.2) is 36.5 Å². The van der Waals surface area contributed by atoms with Crippen LogP contribution < -0.4 is 0 Å². The minimum absolute atomic E-state index is 0.0885. The monoisotopic (exact) mass is 328 g/mol. The highest BCUT2D eigenvalue weighted by Gasteiger charge is 2.35. The number of rotatable bonds is 3. The number of carbonyl (C=O) groups is 1. The predicted octanol–water partition coefficient (Wildman–Crippen LogP) is 2.63. The normalized spacial score (nSPS) is 24.5. The van der Waals surface area contributed by atoms with Crippen molar-refractivity contribution in [2.24, 2.45) is 0 Å². The number of aliphatic hydroxyl groups excluding tert-OH is 1. The number of methoxy groups -OCH3 is 1. The number of pyridine rings is 1. The van der Waals surface area contributed by atoms with Crippen molar-refractivity contribution < 1.29 is 14.6 Å². The maximum atomic E-state index is 13.1. The smallest absolute Gasteiger partial charge is 0.254 e. The Labute approximate surface area is 142 Å². The highest BCUT2D eigenvalue weighted by molar-refractivity contribution is 6.06. The maximum Gasteiger partial charge on any atom is 0.254 e. The zero-order chi connectivity index (χ0) is 17.1. The second-order valence-corrected chi connectivity index (χ2v) is 6.41. The van der Waals surface area contributed by atoms with E-state index >= 15 is 0 Å². The lowest BCUT2D eigenvalue weighted by molar-refractivity contribution is -0.0462. The number of aromatic nitrogens is 1. The van der Waals surface area contributed by atoms with Crippen LogP contribution in [0.1, 0.15) is 36.0 Å². The van der Waals surface area contributed by atoms with E-state index in [0.717, 1.165) is 36.6 Å². The van der Waals surface area contributed by atoms with E-state index in [9.17, 15) is 9.90 Å². The third-order valence-electron chi connectivity index (χ3n) is 5.01. The fraction of sp³-hybridized carbons (Fsp3) is 0.474. The number of amides is 1. The zero-order valence-electron chi connectivity index (χ0n) is 14.2. The van der Waals surface area contributed by atoms with Gasteiger partial charge in [-0.1, -0.05) is 25.0 Å². The number of ether oxygens (including phenoxy) is 1. The molecule has 1 aliphatic rings. The lowest BCUT2D eigenvalue weighted by atomic mass is 10.0. The lowest BCUT2D eigenvalue weighted by Gasteiger charge is -2.33. The summed E-state index contributed by atoms with van der Waals surface area (Å²) in [7, 11) is 3.39. The van der Waals surface area contributed by atoms with Gasteiger partial charge in [-0.15, -0.1) is 0 Å². The fourth-order valence-electron chi connectivity index (χ4n) is 3.60. The minimum atomic E-state index is -0.667. The standard InChI is InChI=1S/C19H24N2O3/c1-21(16-10-3-4-11-17(24-2)18(16)22)19(23)14-7-5-9-15-13(14)8-6-12-20-15/h5-9,12,16-18,22H,3-4,10-11H2,1-2H3/t16-,17-,18-/m1/s1. The molecule has 24 heavy (non-hydrogen) atoms. The average Bonchev–Trinajstić information content (AvgIpc) is 2.81. The van der Waals surface area contributed by atoms with Gasteiger partial charge >= 0.3 is 0 Å². The van der Waals surface area contributed by atoms with Gasteiger partial charge in [0, 0.05) is 31.3 Å². The van der Waals surface area contributed by atoms with Crippen LogP contribution in [0.4, 0.5) is 0 Å². The van der Waals surface area contributed by atoms with Gasteiger partial charge in [0.05, 0.1) is 17.7 Å². The van der Waals surface area contributed by atoms with Gasteiger partial charge in [0.25, 0.3) is 5.91 Å². The van der Waals surface area contributed by atoms with Crippen LogP contribution in [0.25, 0.3) is 10.9 Å². The molecule has 1 N–H and O–H groups in total. The Bertz CT molecular complexity index is 713. The molecular weight excluding hydrogens is 304 g/mol. The summed E-state index contributed by atoms with van der Waals surface area (Å²) in [6.07, 6.45) is 4.43. The molecule has 0 aliphatic heterocycles. The summed E-state index contributed by atoms with van der Waals surface area (Å²) in [5.74, 6) is -0.0885. The van der Waals surface area contributed by atoms with Crippen molar-refractivity contribution in [1.29, 1.82) is 0 Å². The van der Waals surface area contributed by atoms with Crippen molar-refractivity contribution >= 4 is 16.8 Å². The number of benzene rings is 1. The van der Waals surface area contributed by atoms with E-state index in [1.165, 1.54) is 0 Å². The second kappa shape index (κ2) is 7.28. The molecule has 0 unspecified atom stereocenters. The Kier molecular flexibility index (Phi) is 5.11. The molecule has 1 aliphatic carbocycles. The van der Waals surface area contributed by atoms with Crippen molar-refractivity contribution in [3.8, 4) is 0 Å². The maximum absolute atomic E-state index is 13.1. The van der Waals surface area contributed by atoms with Crippen LogP contribution in [0.2, 0.25) is 0 Å². The molecule has 2 aromatic rings. The van der Waals surface area contributed by atoms with E-state index in [1.807, 2.05) is 30.3 Å². The van der Waals surface area contributed by atoms with E-state index in [2.05, 4.69) is 4.98 Å². The number of carbonyl (C=O) groups excluding carboxylic acids is 1. The largest absolute Gasteiger partial charge is 0.388 e. The molecule has 5 nitrogen and oxygen atoms in total. The summed E-state index contributed by atoms with van der Waals surface area (Å²) in [6.45, 7) is 0. The summed E-state index contributed by atoms with van der Waals surface area (Å²) in [5.41, 5.74) is 1.42. The molecule has 128 valence electrons. The molecule has 0 spiro atoms. The first-order chi connectivity index (χ1) is 11.6. The van der Waals surface area contributed by atoms with Crippen molar-refractivity contribution in [1.82, 2.24) is 9.88 Å². The molecule has 1 heterocycles. The van der Waals surface area contributed by atoms with Crippen LogP contribution in [0, 0.1) is 0 Å². The lowest BCUT2D eigenvalue weighted by Crippen LogP contribution is -2.49. The summed E-state index contributed by atoms with van der Waals surface area (Å²) in [6, 6.07) is 9.06. The molecule has 0 radical (unpaired) electrons. The molecule has 1 saturated carbocycles. The quantitative estimate of drug-likeness (QED) is 0.880. The van der Waals surface area contributed by atoms with Crippen molar-refractivity contribution in [3.63, 3.8) is 0 Å². The molecule has 3 atom stereocenters. The van der Waals surface area contributed by atoms with Gasteiger partial charge in [0.15, 0.2) is 0 Å². The molecular formula is C19H24N2O3. The summed E-state index contributed by atoms with van der Waals surface area (Å²) >= 11 is 0. The molecule has 1 aromatic carbocycles. The highest BCUT2D eigenvalue weighted by atomic mass is 16.5. The Morgan fingerprint density at radius 2 is 2.04 bits per heavy atom. The number of fused-ring (bicyclic) bond motifs is 1. The van der Waals surface area contributed by atoms with Crippen molar-refractivity contribution in [3.05, 3.63) is 42.1 Å². The third-order valence-corrected chi connectivity index (χ3v) is 5.01. The summed E-state index contributed by atoms with van der Waals surface area (Å²) < 4.78 is 5.42. The Balaban J connectivity index is 1.90. The zero-order valence-corrected chi connectivity index (χ0v) is 14.2. The first kappa shape index (κ1) is 16.9. The molecule has 0 bridgehead atoms. The number of hydrogen-bond acceptors (Lipinski definition) is 4. The van der Waals surface area contributed by atoms with E-state index in [0.29, 0.717) is 5.56 Å². The van der Waals surface area contributed by atoms with Crippen LogP contribution in [0.5, 0.6) is 0 Å². The third kappa shape index (κ3) is 3.14. The van der Waals surface area contributed by atoms with E-state index in [4.69, 9.17) is 4.74 Å². The topological polar surface area (TPSA) is 62.7 Å². The van der Waals surface area contributed by atoms with Gasteiger partial charge in [-0.3, -0.25) is 9.78 Å². The molecule has 1 aromatic heterocycles. The van der Waals surface area contributed by atoms with Gasteiger partial charge in [-0.25, -0.2) is 0 Å². The van der Waals surface area contributed by atoms with Crippen LogP contribution in [0.3, 0.4) is 0 Å². The number of likely N-dealkylation sites (N-methyl/N-ethyl adjacent to an activating group) is 1. The predicted molar refractivity (Wildman–Crippen MR) is 92.9 cm³/mol. The second-order valence-electron chi connectivity index (χ2n) is 6.41. The van der Waals surface area contributed by atoms with Crippen LogP contribution in [-0.4, -0.2) is 53.3 Å². The SMILES string of the molecule is CO[C@@H]1CCCC[C@@H](N(C)C(=O)c2cccc3ncccc23)[C@H]1O. The molecule has 1 fully saturated rings.